The Bertz CT molecular complexity index is 215. The highest BCUT2D eigenvalue weighted by atomic mass is 16.6. The van der Waals surface area contributed by atoms with Crippen molar-refractivity contribution in [2.45, 2.75) is 26.0 Å². The van der Waals surface area contributed by atoms with Crippen molar-refractivity contribution in [1.29, 1.82) is 0 Å². The van der Waals surface area contributed by atoms with Gasteiger partial charge in [-0.05, 0) is 13.8 Å². The Balaban J connectivity index is 2.12. The summed E-state index contributed by atoms with van der Waals surface area (Å²) in [5.41, 5.74) is 0. The van der Waals surface area contributed by atoms with E-state index in [1.54, 1.807) is 4.90 Å². The molecular weight excluding hydrogens is 208 g/mol. The molecule has 1 heterocycles. The molecule has 0 saturated carbocycles. The van der Waals surface area contributed by atoms with Gasteiger partial charge in [0, 0.05) is 19.6 Å². The molecule has 1 unspecified atom stereocenters. The average molecular weight is 230 g/mol. The fourth-order valence-corrected chi connectivity index (χ4v) is 1.41. The van der Waals surface area contributed by atoms with Crippen LogP contribution >= 0.6 is 0 Å². The van der Waals surface area contributed by atoms with Crippen LogP contribution in [0, 0.1) is 0 Å². The molecule has 0 aromatic carbocycles. The standard InChI is InChI=1S/C11H22N2O3/c1-9(2)13(3)11(14)7-12-6-10-8-15-4-5-16-10/h9-10,12H,4-8H2,1-3H3. The van der Waals surface area contributed by atoms with Crippen LogP contribution < -0.4 is 5.32 Å². The first-order chi connectivity index (χ1) is 7.61. The molecule has 1 saturated heterocycles. The average Bonchev–Trinajstić information content (AvgIpc) is 2.29. The van der Waals surface area contributed by atoms with E-state index >= 15 is 0 Å². The molecule has 16 heavy (non-hydrogen) atoms. The normalized spacial score (nSPS) is 21.1. The third-order valence-corrected chi connectivity index (χ3v) is 2.70. The summed E-state index contributed by atoms with van der Waals surface area (Å²) >= 11 is 0. The molecule has 94 valence electrons. The van der Waals surface area contributed by atoms with E-state index in [-0.39, 0.29) is 18.1 Å². The maximum absolute atomic E-state index is 11.6. The summed E-state index contributed by atoms with van der Waals surface area (Å²) in [5.74, 6) is 0.103. The number of nitrogens with zero attached hydrogens (tertiary/aromatic N) is 1. The first-order valence-electron chi connectivity index (χ1n) is 5.77. The molecule has 0 aliphatic carbocycles. The molecule has 5 nitrogen and oxygen atoms in total. The molecule has 0 aromatic rings. The lowest BCUT2D eigenvalue weighted by atomic mass is 10.3. The van der Waals surface area contributed by atoms with E-state index in [4.69, 9.17) is 9.47 Å². The van der Waals surface area contributed by atoms with E-state index in [1.165, 1.54) is 0 Å². The molecule has 0 spiro atoms. The number of likely N-dealkylation sites (N-methyl/N-ethyl adjacent to an activating group) is 1. The number of hydrogen-bond acceptors (Lipinski definition) is 4. The van der Waals surface area contributed by atoms with Crippen LogP contribution in [0.4, 0.5) is 0 Å². The number of rotatable bonds is 5. The molecular formula is C11H22N2O3. The van der Waals surface area contributed by atoms with Gasteiger partial charge in [0.1, 0.15) is 0 Å². The Morgan fingerprint density at radius 2 is 2.25 bits per heavy atom. The van der Waals surface area contributed by atoms with Gasteiger partial charge in [0.15, 0.2) is 0 Å². The Kier molecular flexibility index (Phi) is 5.73. The summed E-state index contributed by atoms with van der Waals surface area (Å²) in [4.78, 5) is 13.3. The molecule has 1 fully saturated rings. The van der Waals surface area contributed by atoms with Gasteiger partial charge in [-0.3, -0.25) is 4.79 Å². The molecule has 1 N–H and O–H groups in total. The number of hydrogen-bond donors (Lipinski definition) is 1. The van der Waals surface area contributed by atoms with Crippen molar-refractivity contribution in [3.05, 3.63) is 0 Å². The van der Waals surface area contributed by atoms with E-state index in [2.05, 4.69) is 5.32 Å². The molecule has 1 amide bonds. The van der Waals surface area contributed by atoms with E-state index in [0.717, 1.165) is 0 Å². The van der Waals surface area contributed by atoms with E-state index in [1.807, 2.05) is 20.9 Å². The van der Waals surface area contributed by atoms with Gasteiger partial charge in [-0.25, -0.2) is 0 Å². The molecule has 1 atom stereocenters. The number of nitrogens with one attached hydrogen (secondary N) is 1. The maximum atomic E-state index is 11.6. The summed E-state index contributed by atoms with van der Waals surface area (Å²) in [7, 11) is 1.81. The summed E-state index contributed by atoms with van der Waals surface area (Å²) < 4.78 is 10.7. The van der Waals surface area contributed by atoms with E-state index in [9.17, 15) is 4.79 Å². The monoisotopic (exact) mass is 230 g/mol. The van der Waals surface area contributed by atoms with E-state index in [0.29, 0.717) is 32.9 Å². The maximum Gasteiger partial charge on any atom is 0.236 e. The minimum Gasteiger partial charge on any atom is -0.376 e. The third-order valence-electron chi connectivity index (χ3n) is 2.70. The highest BCUT2D eigenvalue weighted by Gasteiger charge is 2.15. The van der Waals surface area contributed by atoms with Gasteiger partial charge in [0.2, 0.25) is 5.91 Å². The first-order valence-corrected chi connectivity index (χ1v) is 5.77. The van der Waals surface area contributed by atoms with Crippen LogP contribution in [0.5, 0.6) is 0 Å². The second-order valence-electron chi connectivity index (χ2n) is 4.30. The zero-order valence-corrected chi connectivity index (χ0v) is 10.4. The van der Waals surface area contributed by atoms with Crippen LogP contribution in [0.25, 0.3) is 0 Å². The van der Waals surface area contributed by atoms with Crippen LogP contribution in [-0.4, -0.2) is 62.9 Å². The van der Waals surface area contributed by atoms with Crippen LogP contribution in [0.15, 0.2) is 0 Å². The Hall–Kier alpha value is -0.650. The predicted octanol–water partition coefficient (Wildman–Crippen LogP) is -0.142. The van der Waals surface area contributed by atoms with Crippen LogP contribution in [0.1, 0.15) is 13.8 Å². The number of carbonyl (C=O) groups is 1. The zero-order valence-electron chi connectivity index (χ0n) is 10.4. The fourth-order valence-electron chi connectivity index (χ4n) is 1.41. The van der Waals surface area contributed by atoms with Crippen molar-refractivity contribution in [2.24, 2.45) is 0 Å². The van der Waals surface area contributed by atoms with Crippen molar-refractivity contribution in [1.82, 2.24) is 10.2 Å². The molecule has 0 radical (unpaired) electrons. The van der Waals surface area contributed by atoms with Gasteiger partial charge < -0.3 is 19.7 Å². The van der Waals surface area contributed by atoms with Gasteiger partial charge in [-0.2, -0.15) is 0 Å². The van der Waals surface area contributed by atoms with Gasteiger partial charge in [-0.15, -0.1) is 0 Å². The second kappa shape index (κ2) is 6.83. The van der Waals surface area contributed by atoms with Crippen molar-refractivity contribution in [3.63, 3.8) is 0 Å². The highest BCUT2D eigenvalue weighted by Crippen LogP contribution is 1.99. The zero-order chi connectivity index (χ0) is 12.0. The van der Waals surface area contributed by atoms with Gasteiger partial charge >= 0.3 is 0 Å². The van der Waals surface area contributed by atoms with Crippen molar-refractivity contribution in [3.8, 4) is 0 Å². The second-order valence-corrected chi connectivity index (χ2v) is 4.30. The predicted molar refractivity (Wildman–Crippen MR) is 61.3 cm³/mol. The van der Waals surface area contributed by atoms with Crippen molar-refractivity contribution in [2.75, 3.05) is 40.0 Å². The lowest BCUT2D eigenvalue weighted by Crippen LogP contribution is -2.43. The van der Waals surface area contributed by atoms with Crippen LogP contribution in [-0.2, 0) is 14.3 Å². The van der Waals surface area contributed by atoms with Gasteiger partial charge in [0.25, 0.3) is 0 Å². The topological polar surface area (TPSA) is 50.8 Å². The third kappa shape index (κ3) is 4.47. The lowest BCUT2D eigenvalue weighted by Gasteiger charge is -2.24. The molecule has 5 heteroatoms. The van der Waals surface area contributed by atoms with Crippen LogP contribution in [0.2, 0.25) is 0 Å². The number of carbonyl (C=O) groups excluding carboxylic acids is 1. The lowest BCUT2D eigenvalue weighted by molar-refractivity contribution is -0.130. The highest BCUT2D eigenvalue weighted by molar-refractivity contribution is 5.78. The quantitative estimate of drug-likeness (QED) is 0.714. The van der Waals surface area contributed by atoms with Crippen LogP contribution in [0.3, 0.4) is 0 Å². The Labute approximate surface area is 97.1 Å². The largest absolute Gasteiger partial charge is 0.376 e. The summed E-state index contributed by atoms with van der Waals surface area (Å²) in [6.07, 6.45) is 0.0749. The Morgan fingerprint density at radius 3 is 2.81 bits per heavy atom. The summed E-state index contributed by atoms with van der Waals surface area (Å²) in [6.45, 7) is 6.94. The Morgan fingerprint density at radius 1 is 1.50 bits per heavy atom. The summed E-state index contributed by atoms with van der Waals surface area (Å²) in [5, 5.41) is 3.09. The van der Waals surface area contributed by atoms with Crippen molar-refractivity contribution < 1.29 is 14.3 Å². The molecule has 1 aliphatic rings. The van der Waals surface area contributed by atoms with Gasteiger partial charge in [-0.1, -0.05) is 0 Å². The van der Waals surface area contributed by atoms with E-state index < -0.39 is 0 Å². The first kappa shape index (κ1) is 13.4. The molecule has 0 bridgehead atoms. The van der Waals surface area contributed by atoms with Crippen molar-refractivity contribution >= 4 is 5.91 Å². The minimum atomic E-state index is 0.0749. The SMILES string of the molecule is CC(C)N(C)C(=O)CNCC1COCCO1. The summed E-state index contributed by atoms with van der Waals surface area (Å²) in [6, 6.07) is 0.239. The molecule has 0 aromatic heterocycles. The number of amides is 1. The molecule has 1 rings (SSSR count). The van der Waals surface area contributed by atoms with Gasteiger partial charge in [0.05, 0.1) is 32.5 Å². The fraction of sp³-hybridized carbons (Fsp3) is 0.909. The number of ether oxygens (including phenoxy) is 2. The molecule has 1 aliphatic heterocycles. The minimum absolute atomic E-state index is 0.0749. The smallest absolute Gasteiger partial charge is 0.236 e.